The molecular formula is C19H19N5O4. The fourth-order valence-corrected chi connectivity index (χ4v) is 2.47. The van der Waals surface area contributed by atoms with Crippen LogP contribution in [0.5, 0.6) is 0 Å². The van der Waals surface area contributed by atoms with E-state index >= 15 is 0 Å². The van der Waals surface area contributed by atoms with Gasteiger partial charge in [-0.25, -0.2) is 14.8 Å². The summed E-state index contributed by atoms with van der Waals surface area (Å²) < 4.78 is 10.0. The van der Waals surface area contributed by atoms with Gasteiger partial charge in [0.15, 0.2) is 5.82 Å². The molecule has 28 heavy (non-hydrogen) atoms. The summed E-state index contributed by atoms with van der Waals surface area (Å²) >= 11 is 0. The standard InChI is InChI=1S/C19H19N5O4/c1-4-27-19(26)13-7-5-6-8-14(13)22-18(25)15-10-16(21-12(3)20-15)23-17-9-11(2)28-24-17/h5-10H,4H2,1-3H3,(H,22,25)(H,20,21,23,24). The first-order valence-electron chi connectivity index (χ1n) is 8.59. The molecule has 2 heterocycles. The number of ether oxygens (including phenoxy) is 1. The summed E-state index contributed by atoms with van der Waals surface area (Å²) in [5, 5.41) is 9.49. The number of rotatable bonds is 6. The quantitative estimate of drug-likeness (QED) is 0.625. The Balaban J connectivity index is 1.82. The minimum Gasteiger partial charge on any atom is -0.462 e. The average Bonchev–Trinajstić information content (AvgIpc) is 3.06. The lowest BCUT2D eigenvalue weighted by molar-refractivity contribution is 0.0527. The topological polar surface area (TPSA) is 119 Å². The highest BCUT2D eigenvalue weighted by Gasteiger charge is 2.17. The van der Waals surface area contributed by atoms with Gasteiger partial charge in [0, 0.05) is 12.1 Å². The number of nitrogens with zero attached hydrogens (tertiary/aromatic N) is 3. The molecule has 0 spiro atoms. The predicted molar refractivity (Wildman–Crippen MR) is 102 cm³/mol. The van der Waals surface area contributed by atoms with Gasteiger partial charge >= 0.3 is 5.97 Å². The molecule has 0 saturated carbocycles. The Morgan fingerprint density at radius 3 is 2.61 bits per heavy atom. The third-order valence-electron chi connectivity index (χ3n) is 3.63. The predicted octanol–water partition coefficient (Wildman–Crippen LogP) is 3.25. The lowest BCUT2D eigenvalue weighted by atomic mass is 10.1. The van der Waals surface area contributed by atoms with E-state index in [2.05, 4.69) is 25.8 Å². The lowest BCUT2D eigenvalue weighted by Crippen LogP contribution is -2.18. The first-order chi connectivity index (χ1) is 13.5. The maximum absolute atomic E-state index is 12.7. The fourth-order valence-electron chi connectivity index (χ4n) is 2.47. The lowest BCUT2D eigenvalue weighted by Gasteiger charge is -2.11. The van der Waals surface area contributed by atoms with Crippen LogP contribution in [0.15, 0.2) is 40.9 Å². The van der Waals surface area contributed by atoms with E-state index in [-0.39, 0.29) is 17.9 Å². The van der Waals surface area contributed by atoms with Crippen molar-refractivity contribution in [3.8, 4) is 0 Å². The molecule has 2 N–H and O–H groups in total. The van der Waals surface area contributed by atoms with Crippen molar-refractivity contribution >= 4 is 29.2 Å². The van der Waals surface area contributed by atoms with E-state index in [9.17, 15) is 9.59 Å². The van der Waals surface area contributed by atoms with Crippen LogP contribution in [0, 0.1) is 13.8 Å². The van der Waals surface area contributed by atoms with Crippen molar-refractivity contribution in [2.45, 2.75) is 20.8 Å². The molecule has 0 aliphatic rings. The van der Waals surface area contributed by atoms with E-state index in [0.29, 0.717) is 28.9 Å². The molecule has 0 bridgehead atoms. The van der Waals surface area contributed by atoms with Crippen LogP contribution in [0.2, 0.25) is 0 Å². The van der Waals surface area contributed by atoms with Crippen LogP contribution >= 0.6 is 0 Å². The second-order valence-electron chi connectivity index (χ2n) is 5.85. The third kappa shape index (κ3) is 4.50. The van der Waals surface area contributed by atoms with Gasteiger partial charge in [0.25, 0.3) is 5.91 Å². The molecule has 1 amide bonds. The first kappa shape index (κ1) is 19.0. The highest BCUT2D eigenvalue weighted by molar-refractivity contribution is 6.07. The summed E-state index contributed by atoms with van der Waals surface area (Å²) in [5.41, 5.74) is 0.734. The van der Waals surface area contributed by atoms with Gasteiger partial charge < -0.3 is 19.9 Å². The number of amides is 1. The Morgan fingerprint density at radius 2 is 1.89 bits per heavy atom. The van der Waals surface area contributed by atoms with Gasteiger partial charge in [0.1, 0.15) is 23.1 Å². The largest absolute Gasteiger partial charge is 0.462 e. The molecular weight excluding hydrogens is 362 g/mol. The molecule has 0 radical (unpaired) electrons. The summed E-state index contributed by atoms with van der Waals surface area (Å²) in [6, 6.07) is 9.79. The van der Waals surface area contributed by atoms with E-state index < -0.39 is 11.9 Å². The number of hydrogen-bond acceptors (Lipinski definition) is 8. The number of anilines is 3. The molecule has 9 nitrogen and oxygen atoms in total. The summed E-state index contributed by atoms with van der Waals surface area (Å²) in [4.78, 5) is 33.2. The molecule has 3 rings (SSSR count). The first-order valence-corrected chi connectivity index (χ1v) is 8.59. The third-order valence-corrected chi connectivity index (χ3v) is 3.63. The number of hydrogen-bond donors (Lipinski definition) is 2. The molecule has 1 aromatic carbocycles. The molecule has 2 aromatic heterocycles. The van der Waals surface area contributed by atoms with Crippen molar-refractivity contribution < 1.29 is 18.8 Å². The van der Waals surface area contributed by atoms with Crippen molar-refractivity contribution in [3.63, 3.8) is 0 Å². The van der Waals surface area contributed by atoms with Crippen molar-refractivity contribution in [1.29, 1.82) is 0 Å². The molecule has 0 unspecified atom stereocenters. The zero-order valence-electron chi connectivity index (χ0n) is 15.6. The van der Waals surface area contributed by atoms with Crippen molar-refractivity contribution in [1.82, 2.24) is 15.1 Å². The Hall–Kier alpha value is -3.75. The number of para-hydroxylation sites is 1. The van der Waals surface area contributed by atoms with Crippen LogP contribution in [0.3, 0.4) is 0 Å². The molecule has 3 aromatic rings. The average molecular weight is 381 g/mol. The number of aromatic nitrogens is 3. The van der Waals surface area contributed by atoms with Gasteiger partial charge in [-0.1, -0.05) is 17.3 Å². The number of carbonyl (C=O) groups excluding carboxylic acids is 2. The van der Waals surface area contributed by atoms with Gasteiger partial charge in [-0.15, -0.1) is 0 Å². The number of nitrogens with one attached hydrogen (secondary N) is 2. The zero-order valence-corrected chi connectivity index (χ0v) is 15.6. The minimum absolute atomic E-state index is 0.133. The number of esters is 1. The van der Waals surface area contributed by atoms with Crippen molar-refractivity contribution in [3.05, 3.63) is 59.2 Å². The normalized spacial score (nSPS) is 10.4. The Morgan fingerprint density at radius 1 is 1.11 bits per heavy atom. The molecule has 9 heteroatoms. The molecule has 0 aliphatic carbocycles. The van der Waals surface area contributed by atoms with Crippen LogP contribution in [0.4, 0.5) is 17.3 Å². The van der Waals surface area contributed by atoms with Gasteiger partial charge in [-0.2, -0.15) is 0 Å². The summed E-state index contributed by atoms with van der Waals surface area (Å²) in [6.07, 6.45) is 0. The highest BCUT2D eigenvalue weighted by atomic mass is 16.5. The number of benzene rings is 1. The number of carbonyl (C=O) groups is 2. The Bertz CT molecular complexity index is 1020. The maximum Gasteiger partial charge on any atom is 0.340 e. The zero-order chi connectivity index (χ0) is 20.1. The van der Waals surface area contributed by atoms with Crippen LogP contribution in [0.25, 0.3) is 0 Å². The molecule has 0 atom stereocenters. The number of aryl methyl sites for hydroxylation is 2. The fraction of sp³-hybridized carbons (Fsp3) is 0.211. The molecule has 0 saturated heterocycles. The second-order valence-corrected chi connectivity index (χ2v) is 5.85. The molecule has 144 valence electrons. The van der Waals surface area contributed by atoms with E-state index in [1.54, 1.807) is 51.1 Å². The SMILES string of the molecule is CCOC(=O)c1ccccc1NC(=O)c1cc(Nc2cc(C)on2)nc(C)n1. The minimum atomic E-state index is -0.513. The van der Waals surface area contributed by atoms with Crippen LogP contribution in [-0.4, -0.2) is 33.6 Å². The van der Waals surface area contributed by atoms with Crippen LogP contribution in [-0.2, 0) is 4.74 Å². The molecule has 0 aliphatic heterocycles. The van der Waals surface area contributed by atoms with Crippen LogP contribution < -0.4 is 10.6 Å². The van der Waals surface area contributed by atoms with Gasteiger partial charge in [-0.3, -0.25) is 4.79 Å². The van der Waals surface area contributed by atoms with Gasteiger partial charge in [0.2, 0.25) is 0 Å². The maximum atomic E-state index is 12.7. The summed E-state index contributed by atoms with van der Waals surface area (Å²) in [7, 11) is 0. The van der Waals surface area contributed by atoms with Gasteiger partial charge in [-0.05, 0) is 32.9 Å². The highest BCUT2D eigenvalue weighted by Crippen LogP contribution is 2.19. The van der Waals surface area contributed by atoms with E-state index in [4.69, 9.17) is 9.26 Å². The summed E-state index contributed by atoms with van der Waals surface area (Å²) in [6.45, 7) is 5.39. The monoisotopic (exact) mass is 381 g/mol. The Kier molecular flexibility index (Phi) is 5.64. The van der Waals surface area contributed by atoms with E-state index in [1.165, 1.54) is 6.07 Å². The van der Waals surface area contributed by atoms with Crippen molar-refractivity contribution in [2.75, 3.05) is 17.2 Å². The molecule has 0 fully saturated rings. The van der Waals surface area contributed by atoms with Gasteiger partial charge in [0.05, 0.1) is 17.9 Å². The van der Waals surface area contributed by atoms with E-state index in [1.807, 2.05) is 0 Å². The van der Waals surface area contributed by atoms with E-state index in [0.717, 1.165) is 0 Å². The van der Waals surface area contributed by atoms with Crippen molar-refractivity contribution in [2.24, 2.45) is 0 Å². The van der Waals surface area contributed by atoms with Crippen LogP contribution in [0.1, 0.15) is 39.4 Å². The summed E-state index contributed by atoms with van der Waals surface area (Å²) in [5.74, 6) is 0.901. The smallest absolute Gasteiger partial charge is 0.340 e. The second kappa shape index (κ2) is 8.30. The Labute approximate surface area is 161 Å².